The Labute approximate surface area is 204 Å². The lowest BCUT2D eigenvalue weighted by atomic mass is 9.98. The summed E-state index contributed by atoms with van der Waals surface area (Å²) in [5, 5.41) is 14.3. The van der Waals surface area contributed by atoms with E-state index in [-0.39, 0.29) is 19.1 Å². The Morgan fingerprint density at radius 2 is 1.54 bits per heavy atom. The van der Waals surface area contributed by atoms with Crippen molar-refractivity contribution in [2.45, 2.75) is 44.7 Å². The molecule has 9 nitrogen and oxygen atoms in total. The molecular weight excluding hydrogens is 450 g/mol. The molecule has 0 fully saturated rings. The molecule has 1 unspecified atom stereocenters. The lowest BCUT2D eigenvalue weighted by Gasteiger charge is -2.26. The normalized spacial score (nSPS) is 13.3. The van der Waals surface area contributed by atoms with Crippen molar-refractivity contribution in [3.05, 3.63) is 59.7 Å². The number of nitrogens with zero attached hydrogens (tertiary/aromatic N) is 1. The van der Waals surface area contributed by atoms with E-state index in [4.69, 9.17) is 4.74 Å². The predicted octanol–water partition coefficient (Wildman–Crippen LogP) is 2.74. The van der Waals surface area contributed by atoms with Crippen LogP contribution in [0.2, 0.25) is 0 Å². The quantitative estimate of drug-likeness (QED) is 0.533. The fourth-order valence-corrected chi connectivity index (χ4v) is 4.17. The van der Waals surface area contributed by atoms with Crippen molar-refractivity contribution in [3.8, 4) is 11.1 Å². The van der Waals surface area contributed by atoms with E-state index < -0.39 is 41.9 Å². The second kappa shape index (κ2) is 10.6. The molecule has 0 heterocycles. The van der Waals surface area contributed by atoms with Crippen LogP contribution in [0.4, 0.5) is 4.79 Å². The van der Waals surface area contributed by atoms with Gasteiger partial charge >= 0.3 is 12.1 Å². The summed E-state index contributed by atoms with van der Waals surface area (Å²) in [6.07, 6.45) is -1.55. The monoisotopic (exact) mass is 481 g/mol. The third-order valence-electron chi connectivity index (χ3n) is 5.58. The van der Waals surface area contributed by atoms with E-state index in [0.29, 0.717) is 0 Å². The van der Waals surface area contributed by atoms with Crippen LogP contribution in [-0.2, 0) is 19.1 Å². The van der Waals surface area contributed by atoms with Gasteiger partial charge in [0, 0.05) is 18.5 Å². The van der Waals surface area contributed by atoms with Crippen molar-refractivity contribution in [3.63, 3.8) is 0 Å². The summed E-state index contributed by atoms with van der Waals surface area (Å²) in [6, 6.07) is 14.4. The maximum absolute atomic E-state index is 12.8. The summed E-state index contributed by atoms with van der Waals surface area (Å²) in [6.45, 7) is 5.16. The highest BCUT2D eigenvalue weighted by Gasteiger charge is 2.31. The zero-order chi connectivity index (χ0) is 25.8. The number of nitrogens with one attached hydrogen (secondary N) is 2. The molecule has 0 radical (unpaired) electrons. The number of hydrogen-bond donors (Lipinski definition) is 3. The van der Waals surface area contributed by atoms with Gasteiger partial charge in [0.1, 0.15) is 12.6 Å². The van der Waals surface area contributed by atoms with Crippen LogP contribution in [0.5, 0.6) is 0 Å². The molecule has 0 aromatic heterocycles. The third kappa shape index (κ3) is 6.59. The Balaban J connectivity index is 1.64. The zero-order valence-corrected chi connectivity index (χ0v) is 20.3. The van der Waals surface area contributed by atoms with Crippen LogP contribution >= 0.6 is 0 Å². The van der Waals surface area contributed by atoms with Gasteiger partial charge in [0.15, 0.2) is 0 Å². The van der Waals surface area contributed by atoms with Gasteiger partial charge in [0.25, 0.3) is 0 Å². The lowest BCUT2D eigenvalue weighted by molar-refractivity contribution is -0.142. The van der Waals surface area contributed by atoms with E-state index in [9.17, 15) is 24.3 Å². The number of alkyl carbamates (subject to hydrolysis) is 1. The zero-order valence-electron chi connectivity index (χ0n) is 20.3. The first-order chi connectivity index (χ1) is 16.5. The molecule has 2 aromatic carbocycles. The fraction of sp³-hybridized carbons (Fsp3) is 0.385. The molecule has 0 aliphatic heterocycles. The third-order valence-corrected chi connectivity index (χ3v) is 5.58. The van der Waals surface area contributed by atoms with Gasteiger partial charge in [-0.05, 0) is 43.0 Å². The largest absolute Gasteiger partial charge is 0.481 e. The summed E-state index contributed by atoms with van der Waals surface area (Å²) < 4.78 is 5.44. The molecule has 3 N–H and O–H groups in total. The van der Waals surface area contributed by atoms with E-state index in [1.54, 1.807) is 20.8 Å². The highest BCUT2D eigenvalue weighted by Crippen LogP contribution is 2.44. The molecule has 0 saturated carbocycles. The Morgan fingerprint density at radius 3 is 2.06 bits per heavy atom. The van der Waals surface area contributed by atoms with Gasteiger partial charge in [0.2, 0.25) is 11.8 Å². The fourth-order valence-electron chi connectivity index (χ4n) is 4.17. The molecule has 3 amide bonds. The van der Waals surface area contributed by atoms with Crippen LogP contribution in [0.1, 0.15) is 44.2 Å². The second-order valence-electron chi connectivity index (χ2n) is 9.61. The average Bonchev–Trinajstić information content (AvgIpc) is 3.09. The summed E-state index contributed by atoms with van der Waals surface area (Å²) >= 11 is 0. The summed E-state index contributed by atoms with van der Waals surface area (Å²) in [5.41, 5.74) is 3.73. The van der Waals surface area contributed by atoms with Crippen molar-refractivity contribution < 1.29 is 29.0 Å². The minimum absolute atomic E-state index is 0.0255. The van der Waals surface area contributed by atoms with E-state index in [0.717, 1.165) is 27.2 Å². The van der Waals surface area contributed by atoms with E-state index in [1.165, 1.54) is 7.05 Å². The number of rotatable bonds is 8. The van der Waals surface area contributed by atoms with E-state index in [2.05, 4.69) is 10.6 Å². The van der Waals surface area contributed by atoms with Gasteiger partial charge in [-0.3, -0.25) is 14.4 Å². The molecule has 3 rings (SSSR count). The number of benzene rings is 2. The van der Waals surface area contributed by atoms with Gasteiger partial charge in [-0.1, -0.05) is 48.5 Å². The minimum Gasteiger partial charge on any atom is -0.481 e. The molecule has 0 spiro atoms. The number of ether oxygens (including phenoxy) is 1. The van der Waals surface area contributed by atoms with Crippen molar-refractivity contribution in [2.75, 3.05) is 20.2 Å². The molecule has 186 valence electrons. The van der Waals surface area contributed by atoms with Crippen molar-refractivity contribution in [1.29, 1.82) is 0 Å². The van der Waals surface area contributed by atoms with Gasteiger partial charge in [-0.2, -0.15) is 0 Å². The number of aliphatic carboxylic acids is 1. The molecule has 1 aliphatic rings. The van der Waals surface area contributed by atoms with Crippen LogP contribution in [-0.4, -0.2) is 65.7 Å². The minimum atomic E-state index is -1.38. The number of likely N-dealkylation sites (N-methyl/N-ethyl adjacent to an activating group) is 1. The van der Waals surface area contributed by atoms with E-state index >= 15 is 0 Å². The highest BCUT2D eigenvalue weighted by molar-refractivity contribution is 5.92. The van der Waals surface area contributed by atoms with Gasteiger partial charge in [-0.15, -0.1) is 0 Å². The van der Waals surface area contributed by atoms with Crippen LogP contribution in [0.3, 0.4) is 0 Å². The van der Waals surface area contributed by atoms with Crippen molar-refractivity contribution in [2.24, 2.45) is 0 Å². The molecule has 0 saturated heterocycles. The average molecular weight is 482 g/mol. The Kier molecular flexibility index (Phi) is 7.78. The Bertz CT molecular complexity index is 1080. The second-order valence-corrected chi connectivity index (χ2v) is 9.61. The molecule has 1 atom stereocenters. The Morgan fingerprint density at radius 1 is 1.00 bits per heavy atom. The molecule has 9 heteroatoms. The van der Waals surface area contributed by atoms with Gasteiger partial charge in [-0.25, -0.2) is 4.79 Å². The Hall–Kier alpha value is -3.88. The van der Waals surface area contributed by atoms with Crippen LogP contribution in [0, 0.1) is 0 Å². The molecule has 0 bridgehead atoms. The highest BCUT2D eigenvalue weighted by atomic mass is 16.5. The molecule has 1 aliphatic carbocycles. The maximum Gasteiger partial charge on any atom is 0.407 e. The van der Waals surface area contributed by atoms with Crippen molar-refractivity contribution >= 4 is 23.9 Å². The SMILES string of the molecule is CN(CC(=O)NC(C)(C)C)C(=O)C(CC(=O)O)NC(=O)OCC1c2ccccc2-c2ccccc21. The maximum atomic E-state index is 12.8. The molecule has 2 aromatic rings. The number of carboxylic acids is 1. The van der Waals surface area contributed by atoms with Crippen LogP contribution in [0.25, 0.3) is 11.1 Å². The smallest absolute Gasteiger partial charge is 0.407 e. The number of fused-ring (bicyclic) bond motifs is 3. The van der Waals surface area contributed by atoms with Gasteiger partial charge < -0.3 is 25.4 Å². The summed E-state index contributed by atoms with van der Waals surface area (Å²) in [7, 11) is 1.37. The van der Waals surface area contributed by atoms with Crippen molar-refractivity contribution in [1.82, 2.24) is 15.5 Å². The van der Waals surface area contributed by atoms with E-state index in [1.807, 2.05) is 48.5 Å². The molecular formula is C26H31N3O6. The summed E-state index contributed by atoms with van der Waals surface area (Å²) in [5.74, 6) is -2.55. The number of amides is 3. The first-order valence-electron chi connectivity index (χ1n) is 11.4. The number of carboxylic acid groups (broad SMARTS) is 1. The first-order valence-corrected chi connectivity index (χ1v) is 11.4. The number of carbonyl (C=O) groups is 4. The number of hydrogen-bond acceptors (Lipinski definition) is 5. The predicted molar refractivity (Wildman–Crippen MR) is 130 cm³/mol. The van der Waals surface area contributed by atoms with Gasteiger partial charge in [0.05, 0.1) is 13.0 Å². The first kappa shape index (κ1) is 25.7. The molecule has 35 heavy (non-hydrogen) atoms. The lowest BCUT2D eigenvalue weighted by Crippen LogP contribution is -2.52. The number of carbonyl (C=O) groups excluding carboxylic acids is 3. The van der Waals surface area contributed by atoms with Crippen LogP contribution in [0.15, 0.2) is 48.5 Å². The topological polar surface area (TPSA) is 125 Å². The summed E-state index contributed by atoms with van der Waals surface area (Å²) in [4.78, 5) is 50.0. The van der Waals surface area contributed by atoms with Crippen LogP contribution < -0.4 is 10.6 Å². The standard InChI is InChI=1S/C26H31N3O6/c1-26(2,3)28-22(30)14-29(4)24(33)21(13-23(31)32)27-25(34)35-15-20-18-11-7-5-9-16(18)17-10-6-8-12-19(17)20/h5-12,20-21H,13-15H2,1-4H3,(H,27,34)(H,28,30)(H,31,32).